The summed E-state index contributed by atoms with van der Waals surface area (Å²) in [6.07, 6.45) is 0. The molecule has 4 rings (SSSR count). The van der Waals surface area contributed by atoms with E-state index in [-0.39, 0.29) is 0 Å². The third-order valence-corrected chi connectivity index (χ3v) is 8.59. The predicted octanol–water partition coefficient (Wildman–Crippen LogP) is 5.64. The van der Waals surface area contributed by atoms with E-state index >= 15 is 0 Å². The van der Waals surface area contributed by atoms with Gasteiger partial charge in [-0.25, -0.2) is 0 Å². The van der Waals surface area contributed by atoms with Crippen LogP contribution in [0.5, 0.6) is 0 Å². The zero-order valence-corrected chi connectivity index (χ0v) is 17.4. The summed E-state index contributed by atoms with van der Waals surface area (Å²) in [6, 6.07) is 40.3. The maximum Gasteiger partial charge on any atom is 0.0734 e. The molecule has 0 atom stereocenters. The van der Waals surface area contributed by atoms with Crippen molar-refractivity contribution in [3.05, 3.63) is 121 Å². The molecule has 4 aromatic carbocycles. The van der Waals surface area contributed by atoms with E-state index < -0.39 is 7.05 Å². The van der Waals surface area contributed by atoms with Crippen LogP contribution in [0.3, 0.4) is 0 Å². The molecule has 3 heteroatoms. The van der Waals surface area contributed by atoms with Gasteiger partial charge in [0.1, 0.15) is 0 Å². The van der Waals surface area contributed by atoms with Crippen LogP contribution in [0.15, 0.2) is 120 Å². The van der Waals surface area contributed by atoms with Gasteiger partial charge in [0.25, 0.3) is 0 Å². The Kier molecular flexibility index (Phi) is 6.05. The van der Waals surface area contributed by atoms with E-state index in [1.165, 1.54) is 15.9 Å². The maximum atomic E-state index is 5.55. The Morgan fingerprint density at radius 2 is 1.00 bits per heavy atom. The fourth-order valence-corrected chi connectivity index (χ4v) is 7.17. The average Bonchev–Trinajstić information content (AvgIpc) is 2.80. The summed E-state index contributed by atoms with van der Waals surface area (Å²) >= 11 is 0. The molecule has 0 aromatic heterocycles. The lowest BCUT2D eigenvalue weighted by Crippen LogP contribution is -2.25. The molecule has 0 aliphatic heterocycles. The van der Waals surface area contributed by atoms with Gasteiger partial charge < -0.3 is 4.74 Å². The zero-order chi connectivity index (χ0) is 19.9. The van der Waals surface area contributed by atoms with Crippen LogP contribution >= 0.6 is 7.05 Å². The highest BCUT2D eigenvalue weighted by Gasteiger charge is 2.27. The second kappa shape index (κ2) is 9.05. The molecular formula is C26H24NOP. The highest BCUT2D eigenvalue weighted by atomic mass is 31.2. The molecule has 0 saturated heterocycles. The van der Waals surface area contributed by atoms with Crippen LogP contribution in [0.1, 0.15) is 5.56 Å². The molecule has 2 nitrogen and oxygen atoms in total. The third-order valence-electron chi connectivity index (χ3n) is 4.94. The molecule has 0 unspecified atom stereocenters. The Hall–Kier alpha value is -2.93. The number of hydrogen-bond donors (Lipinski definition) is 0. The van der Waals surface area contributed by atoms with Crippen molar-refractivity contribution < 1.29 is 4.74 Å². The number of methoxy groups -OCH3 is 1. The van der Waals surface area contributed by atoms with E-state index in [0.29, 0.717) is 6.61 Å². The number of nitrogens with zero attached hydrogens (tertiary/aromatic N) is 1. The molecule has 0 spiro atoms. The summed E-state index contributed by atoms with van der Waals surface area (Å²) in [7, 11) is -0.529. The lowest BCUT2D eigenvalue weighted by Gasteiger charge is -2.27. The Labute approximate surface area is 172 Å². The first-order chi connectivity index (χ1) is 14.3. The van der Waals surface area contributed by atoms with Crippen molar-refractivity contribution in [2.75, 3.05) is 7.11 Å². The van der Waals surface area contributed by atoms with Gasteiger partial charge >= 0.3 is 0 Å². The van der Waals surface area contributed by atoms with Crippen LogP contribution < -0.4 is 15.9 Å². The first-order valence-corrected chi connectivity index (χ1v) is 11.4. The second-order valence-electron chi connectivity index (χ2n) is 6.80. The smallest absolute Gasteiger partial charge is 0.0734 e. The first kappa shape index (κ1) is 19.4. The van der Waals surface area contributed by atoms with Crippen molar-refractivity contribution in [2.45, 2.75) is 6.61 Å². The second-order valence-corrected chi connectivity index (χ2v) is 9.82. The zero-order valence-electron chi connectivity index (χ0n) is 16.5. The lowest BCUT2D eigenvalue weighted by atomic mass is 10.2. The highest BCUT2D eigenvalue weighted by Crippen LogP contribution is 2.49. The Morgan fingerprint density at radius 1 is 0.586 bits per heavy atom. The van der Waals surface area contributed by atoms with E-state index in [9.17, 15) is 0 Å². The molecule has 0 amide bonds. The van der Waals surface area contributed by atoms with E-state index in [1.807, 2.05) is 12.1 Å². The van der Waals surface area contributed by atoms with Crippen LogP contribution in [0, 0.1) is 0 Å². The molecule has 0 fully saturated rings. The molecule has 4 aromatic rings. The Balaban J connectivity index is 2.12. The largest absolute Gasteiger partial charge is 0.380 e. The predicted molar refractivity (Wildman–Crippen MR) is 124 cm³/mol. The summed E-state index contributed by atoms with van der Waals surface area (Å²) in [6.45, 7) is 0.540. The summed E-state index contributed by atoms with van der Waals surface area (Å²) in [5, 5.41) is 3.72. The Bertz CT molecular complexity index is 1010. The molecule has 0 heterocycles. The van der Waals surface area contributed by atoms with E-state index in [1.54, 1.807) is 7.11 Å². The molecule has 29 heavy (non-hydrogen) atoms. The normalized spacial score (nSPS) is 11.2. The van der Waals surface area contributed by atoms with Gasteiger partial charge in [-0.15, -0.1) is 0 Å². The van der Waals surface area contributed by atoms with Crippen molar-refractivity contribution in [2.24, 2.45) is 4.74 Å². The number of hydrogen-bond acceptors (Lipinski definition) is 2. The van der Waals surface area contributed by atoms with E-state index in [4.69, 9.17) is 9.48 Å². The van der Waals surface area contributed by atoms with Gasteiger partial charge in [-0.3, -0.25) is 4.74 Å². The quantitative estimate of drug-likeness (QED) is 0.386. The molecule has 0 radical (unpaired) electrons. The first-order valence-electron chi connectivity index (χ1n) is 9.70. The summed E-state index contributed by atoms with van der Waals surface area (Å²) in [5.74, 6) is 0. The van der Waals surface area contributed by atoms with E-state index in [2.05, 4.69) is 103 Å². The van der Waals surface area contributed by atoms with Crippen LogP contribution in [0.2, 0.25) is 0 Å². The molecule has 0 bridgehead atoms. The van der Waals surface area contributed by atoms with Crippen molar-refractivity contribution in [1.29, 1.82) is 0 Å². The minimum absolute atomic E-state index is 0.540. The molecular weight excluding hydrogens is 373 g/mol. The topological polar surface area (TPSA) is 21.6 Å². The van der Waals surface area contributed by atoms with Gasteiger partial charge in [-0.2, -0.15) is 0 Å². The average molecular weight is 397 g/mol. The van der Waals surface area contributed by atoms with Crippen molar-refractivity contribution in [3.8, 4) is 0 Å². The van der Waals surface area contributed by atoms with Crippen molar-refractivity contribution in [3.63, 3.8) is 0 Å². The number of rotatable bonds is 6. The van der Waals surface area contributed by atoms with Crippen molar-refractivity contribution in [1.82, 2.24) is 0 Å². The summed E-state index contributed by atoms with van der Waals surface area (Å²) in [5.41, 5.74) is 2.08. The molecule has 0 saturated carbocycles. The molecule has 0 N–H and O–H groups in total. The Morgan fingerprint density at radius 3 is 1.45 bits per heavy atom. The SMILES string of the molecule is COCc1ccccc1N=P(c1ccccc1)(c1ccccc1)c1ccccc1. The fourth-order valence-electron chi connectivity index (χ4n) is 3.60. The van der Waals surface area contributed by atoms with E-state index in [0.717, 1.165) is 11.3 Å². The maximum absolute atomic E-state index is 5.55. The van der Waals surface area contributed by atoms with Gasteiger partial charge in [0.2, 0.25) is 0 Å². The fraction of sp³-hybridized carbons (Fsp3) is 0.0769. The standard InChI is InChI=1S/C26H24NOP/c1-28-21-22-13-11-12-20-26(22)27-29(23-14-5-2-6-15-23,24-16-7-3-8-17-24)25-18-9-4-10-19-25/h2-20H,21H2,1H3. The third kappa shape index (κ3) is 3.96. The summed E-state index contributed by atoms with van der Waals surface area (Å²) < 4.78 is 11.0. The molecule has 0 aliphatic carbocycles. The van der Waals surface area contributed by atoms with Gasteiger partial charge in [0.05, 0.1) is 19.3 Å². The molecule has 0 aliphatic rings. The monoisotopic (exact) mass is 397 g/mol. The minimum Gasteiger partial charge on any atom is -0.380 e. The van der Waals surface area contributed by atoms with Crippen LogP contribution in [-0.2, 0) is 11.3 Å². The van der Waals surface area contributed by atoms with Crippen LogP contribution in [0.4, 0.5) is 5.69 Å². The lowest BCUT2D eigenvalue weighted by molar-refractivity contribution is 0.185. The van der Waals surface area contributed by atoms with Crippen LogP contribution in [-0.4, -0.2) is 7.11 Å². The van der Waals surface area contributed by atoms with Crippen LogP contribution in [0.25, 0.3) is 0 Å². The van der Waals surface area contributed by atoms with Gasteiger partial charge in [0, 0.05) is 28.6 Å². The number of ether oxygens (including phenoxy) is 1. The number of benzene rings is 4. The van der Waals surface area contributed by atoms with Crippen molar-refractivity contribution >= 4 is 28.7 Å². The van der Waals surface area contributed by atoms with Gasteiger partial charge in [-0.1, -0.05) is 109 Å². The highest BCUT2D eigenvalue weighted by molar-refractivity contribution is 7.87. The molecule has 144 valence electrons. The minimum atomic E-state index is -2.26. The van der Waals surface area contributed by atoms with Gasteiger partial charge in [-0.05, 0) is 6.07 Å². The summed E-state index contributed by atoms with van der Waals surface area (Å²) in [4.78, 5) is 0. The van der Waals surface area contributed by atoms with Gasteiger partial charge in [0.15, 0.2) is 0 Å².